The van der Waals surface area contributed by atoms with Crippen molar-refractivity contribution in [1.82, 2.24) is 19.7 Å². The highest BCUT2D eigenvalue weighted by Gasteiger charge is 2.34. The Bertz CT molecular complexity index is 1700. The highest BCUT2D eigenvalue weighted by molar-refractivity contribution is 5.93. The highest BCUT2D eigenvalue weighted by atomic mass is 15.4. The van der Waals surface area contributed by atoms with Crippen LogP contribution in [-0.2, 0) is 5.54 Å². The first kappa shape index (κ1) is 20.9. The van der Waals surface area contributed by atoms with Crippen LogP contribution in [0.25, 0.3) is 44.8 Å². The number of hydrogen-bond donors (Lipinski definition) is 1. The number of aromatic nitrogens is 5. The zero-order chi connectivity index (χ0) is 24.1. The minimum atomic E-state index is -0.193. The molecule has 0 spiro atoms. The van der Waals surface area contributed by atoms with E-state index in [-0.39, 0.29) is 5.54 Å². The molecule has 6 aromatic rings. The molecule has 4 aromatic heterocycles. The standard InChI is InChI=1S/C30H25N6/c31-30(14-5-15-30)24-9-11-25(12-10-24)36-29-26-18-23(21-6-2-1-3-7-21)20-33-27(26)13-17-35(29)28(34-36)22-8-4-16-32-19-22/h1-4,6-13,16-20H,5,14-15,31H2/q+1. The van der Waals surface area contributed by atoms with Crippen molar-refractivity contribution < 1.29 is 4.40 Å². The summed E-state index contributed by atoms with van der Waals surface area (Å²) in [5, 5.41) is 6.12. The SMILES string of the molecule is NC1(c2ccc(-n3nc(-c4cccnc4)[n+]4ccc5ncc(-c6ccccc6)cc5c34)cc2)CCC1. The average molecular weight is 470 g/mol. The molecule has 1 saturated carbocycles. The summed E-state index contributed by atoms with van der Waals surface area (Å²) in [4.78, 5) is 9.14. The Hall–Kier alpha value is -4.42. The van der Waals surface area contributed by atoms with Crippen molar-refractivity contribution in [3.05, 3.63) is 109 Å². The number of pyridine rings is 3. The van der Waals surface area contributed by atoms with E-state index in [1.807, 2.05) is 59.7 Å². The second kappa shape index (κ2) is 8.07. The van der Waals surface area contributed by atoms with E-state index in [4.69, 9.17) is 15.8 Å². The van der Waals surface area contributed by atoms with Gasteiger partial charge in [-0.2, -0.15) is 4.40 Å². The van der Waals surface area contributed by atoms with Crippen LogP contribution in [-0.4, -0.2) is 19.7 Å². The van der Waals surface area contributed by atoms with Gasteiger partial charge in [-0.05, 0) is 66.8 Å². The fraction of sp³-hybridized carbons (Fsp3) is 0.133. The van der Waals surface area contributed by atoms with E-state index < -0.39 is 0 Å². The summed E-state index contributed by atoms with van der Waals surface area (Å²) in [6, 6.07) is 27.1. The van der Waals surface area contributed by atoms with Crippen LogP contribution < -0.4 is 10.1 Å². The maximum Gasteiger partial charge on any atom is 0.315 e. The Kier molecular flexibility index (Phi) is 4.69. The van der Waals surface area contributed by atoms with Crippen LogP contribution in [0, 0.1) is 0 Å². The lowest BCUT2D eigenvalue weighted by Gasteiger charge is -2.38. The first-order valence-corrected chi connectivity index (χ1v) is 12.3. The van der Waals surface area contributed by atoms with Crippen molar-refractivity contribution in [2.24, 2.45) is 5.73 Å². The lowest BCUT2D eigenvalue weighted by Crippen LogP contribution is -2.43. The van der Waals surface area contributed by atoms with E-state index >= 15 is 0 Å². The van der Waals surface area contributed by atoms with Gasteiger partial charge in [-0.15, -0.1) is 0 Å². The van der Waals surface area contributed by atoms with Crippen LogP contribution in [0.15, 0.2) is 104 Å². The van der Waals surface area contributed by atoms with Gasteiger partial charge >= 0.3 is 5.82 Å². The van der Waals surface area contributed by atoms with E-state index in [0.29, 0.717) is 0 Å². The zero-order valence-electron chi connectivity index (χ0n) is 19.7. The summed E-state index contributed by atoms with van der Waals surface area (Å²) in [5.41, 5.74) is 13.6. The summed E-state index contributed by atoms with van der Waals surface area (Å²) < 4.78 is 4.13. The summed E-state index contributed by atoms with van der Waals surface area (Å²) in [5.74, 6) is 0.823. The van der Waals surface area contributed by atoms with Crippen LogP contribution in [0.3, 0.4) is 0 Å². The number of rotatable bonds is 4. The Balaban J connectivity index is 1.48. The Morgan fingerprint density at radius 1 is 0.833 bits per heavy atom. The molecule has 0 bridgehead atoms. The number of nitrogens with two attached hydrogens (primary N) is 1. The first-order chi connectivity index (χ1) is 17.7. The van der Waals surface area contributed by atoms with Gasteiger partial charge in [0.05, 0.1) is 27.8 Å². The molecule has 0 radical (unpaired) electrons. The molecule has 174 valence electrons. The molecule has 4 heterocycles. The minimum absolute atomic E-state index is 0.193. The molecule has 36 heavy (non-hydrogen) atoms. The third-order valence-electron chi connectivity index (χ3n) is 7.35. The molecule has 7 rings (SSSR count). The van der Waals surface area contributed by atoms with Gasteiger partial charge in [-0.3, -0.25) is 9.97 Å². The summed E-state index contributed by atoms with van der Waals surface area (Å²) >= 11 is 0. The second-order valence-electron chi connectivity index (χ2n) is 9.57. The van der Waals surface area contributed by atoms with Gasteiger partial charge in [0.15, 0.2) is 0 Å². The summed E-state index contributed by atoms with van der Waals surface area (Å²) in [7, 11) is 0. The van der Waals surface area contributed by atoms with Crippen LogP contribution >= 0.6 is 0 Å². The van der Waals surface area contributed by atoms with Crippen molar-refractivity contribution >= 4 is 16.6 Å². The molecule has 2 aromatic carbocycles. The predicted octanol–water partition coefficient (Wildman–Crippen LogP) is 5.23. The Morgan fingerprint density at radius 2 is 1.64 bits per heavy atom. The molecule has 0 unspecified atom stereocenters. The molecular formula is C30H25N6+. The number of nitrogens with zero attached hydrogens (tertiary/aromatic N) is 5. The van der Waals surface area contributed by atoms with Crippen molar-refractivity contribution in [2.45, 2.75) is 24.8 Å². The monoisotopic (exact) mass is 469 g/mol. The smallest absolute Gasteiger partial charge is 0.315 e. The molecule has 0 amide bonds. The molecular weight excluding hydrogens is 444 g/mol. The van der Waals surface area contributed by atoms with Gasteiger partial charge in [0, 0.05) is 29.7 Å². The lowest BCUT2D eigenvalue weighted by molar-refractivity contribution is -0.498. The van der Waals surface area contributed by atoms with Gasteiger partial charge in [-0.1, -0.05) is 47.1 Å². The van der Waals surface area contributed by atoms with Crippen LogP contribution in [0.5, 0.6) is 0 Å². The summed E-state index contributed by atoms with van der Waals surface area (Å²) in [6.45, 7) is 0. The topological polar surface area (TPSA) is 73.7 Å². The largest absolute Gasteiger partial charge is 0.321 e. The van der Waals surface area contributed by atoms with Crippen LogP contribution in [0.4, 0.5) is 0 Å². The van der Waals surface area contributed by atoms with Gasteiger partial charge in [0.1, 0.15) is 5.69 Å². The zero-order valence-corrected chi connectivity index (χ0v) is 19.7. The van der Waals surface area contributed by atoms with Crippen molar-refractivity contribution in [2.75, 3.05) is 0 Å². The minimum Gasteiger partial charge on any atom is -0.321 e. The molecule has 0 atom stereocenters. The average Bonchev–Trinajstić information content (AvgIpc) is 3.33. The normalized spacial score (nSPS) is 14.7. The molecule has 6 nitrogen and oxygen atoms in total. The van der Waals surface area contributed by atoms with Crippen LogP contribution in [0.1, 0.15) is 24.8 Å². The van der Waals surface area contributed by atoms with Gasteiger partial charge in [0.25, 0.3) is 5.65 Å². The Morgan fingerprint density at radius 3 is 2.36 bits per heavy atom. The molecule has 6 heteroatoms. The van der Waals surface area contributed by atoms with E-state index in [1.54, 1.807) is 6.20 Å². The molecule has 0 aliphatic heterocycles. The maximum absolute atomic E-state index is 6.59. The quantitative estimate of drug-likeness (QED) is 0.359. The fourth-order valence-electron chi connectivity index (χ4n) is 5.15. The molecule has 0 saturated heterocycles. The van der Waals surface area contributed by atoms with E-state index in [2.05, 4.69) is 51.8 Å². The molecule has 2 N–H and O–H groups in total. The van der Waals surface area contributed by atoms with Crippen LogP contribution in [0.2, 0.25) is 0 Å². The Labute approximate surface area is 208 Å². The van der Waals surface area contributed by atoms with E-state index in [0.717, 1.165) is 57.6 Å². The highest BCUT2D eigenvalue weighted by Crippen LogP contribution is 2.39. The van der Waals surface area contributed by atoms with Gasteiger partial charge < -0.3 is 5.73 Å². The number of hydrogen-bond acceptors (Lipinski definition) is 4. The fourth-order valence-corrected chi connectivity index (χ4v) is 5.15. The van der Waals surface area contributed by atoms with Gasteiger partial charge in [0.2, 0.25) is 0 Å². The molecule has 1 fully saturated rings. The third kappa shape index (κ3) is 3.30. The van der Waals surface area contributed by atoms with Crippen molar-refractivity contribution in [3.63, 3.8) is 0 Å². The number of fused-ring (bicyclic) bond motifs is 3. The second-order valence-corrected chi connectivity index (χ2v) is 9.57. The lowest BCUT2D eigenvalue weighted by atomic mass is 9.73. The van der Waals surface area contributed by atoms with Crippen molar-refractivity contribution in [3.8, 4) is 28.2 Å². The first-order valence-electron chi connectivity index (χ1n) is 12.3. The predicted molar refractivity (Wildman–Crippen MR) is 140 cm³/mol. The van der Waals surface area contributed by atoms with E-state index in [9.17, 15) is 0 Å². The molecule has 1 aliphatic rings. The number of benzene rings is 2. The third-order valence-corrected chi connectivity index (χ3v) is 7.35. The molecule has 1 aliphatic carbocycles. The van der Waals surface area contributed by atoms with Gasteiger partial charge in [-0.25, -0.2) is 0 Å². The van der Waals surface area contributed by atoms with Crippen molar-refractivity contribution in [1.29, 1.82) is 0 Å². The maximum atomic E-state index is 6.59. The summed E-state index contributed by atoms with van der Waals surface area (Å²) in [6.07, 6.45) is 10.9. The van der Waals surface area contributed by atoms with E-state index in [1.165, 1.54) is 12.0 Å².